The molecule has 1 fully saturated rings. The number of alkyl halides is 3. The lowest BCUT2D eigenvalue weighted by molar-refractivity contribution is -0.121. The number of amides is 1. The van der Waals surface area contributed by atoms with Gasteiger partial charge in [0.1, 0.15) is 2.14 Å². The topological polar surface area (TPSA) is 29.1 Å². The van der Waals surface area contributed by atoms with Crippen LogP contribution in [0, 0.1) is 0 Å². The molecule has 1 aliphatic rings. The van der Waals surface area contributed by atoms with Crippen molar-refractivity contribution in [2.45, 2.75) is 46.7 Å². The number of carbonyl (C=O) groups is 1. The molecule has 0 heterocycles. The minimum atomic E-state index is -0.453. The van der Waals surface area contributed by atoms with Gasteiger partial charge in [0, 0.05) is 6.04 Å². The minimum Gasteiger partial charge on any atom is -0.353 e. The lowest BCUT2D eigenvalue weighted by Crippen LogP contribution is -2.37. The summed E-state index contributed by atoms with van der Waals surface area (Å²) in [7, 11) is 0. The van der Waals surface area contributed by atoms with Crippen molar-refractivity contribution >= 4 is 53.7 Å². The second-order valence-electron chi connectivity index (χ2n) is 3.69. The summed E-state index contributed by atoms with van der Waals surface area (Å²) < 4.78 is -0.453. The van der Waals surface area contributed by atoms with Crippen molar-refractivity contribution in [1.82, 2.24) is 5.32 Å². The number of hydrogen-bond donors (Lipinski definition) is 1. The highest BCUT2D eigenvalue weighted by atomic mass is 80.0. The van der Waals surface area contributed by atoms with Crippen LogP contribution in [0.1, 0.15) is 38.5 Å². The van der Waals surface area contributed by atoms with Crippen LogP contribution in [0.2, 0.25) is 0 Å². The number of nitrogens with one attached hydrogen (secondary N) is 1. The Morgan fingerprint density at radius 3 is 2.29 bits per heavy atom. The van der Waals surface area contributed by atoms with Crippen molar-refractivity contribution in [2.75, 3.05) is 0 Å². The first-order valence-electron chi connectivity index (χ1n) is 4.83. The average Bonchev–Trinajstić information content (AvgIpc) is 2.02. The highest BCUT2D eigenvalue weighted by Crippen LogP contribution is 2.36. The van der Waals surface area contributed by atoms with Gasteiger partial charge in [0.05, 0.1) is 6.42 Å². The van der Waals surface area contributed by atoms with E-state index in [-0.39, 0.29) is 5.91 Å². The molecule has 0 saturated heterocycles. The molecule has 0 aromatic rings. The van der Waals surface area contributed by atoms with Gasteiger partial charge >= 0.3 is 0 Å². The normalized spacial score (nSPS) is 19.4. The number of hydrogen-bond acceptors (Lipinski definition) is 1. The molecule has 0 aromatic heterocycles. The van der Waals surface area contributed by atoms with E-state index < -0.39 is 2.14 Å². The third kappa shape index (κ3) is 5.71. The Hall–Kier alpha value is 0.910. The number of rotatable bonds is 2. The van der Waals surface area contributed by atoms with Crippen LogP contribution in [0.25, 0.3) is 0 Å². The standard InChI is InChI=1S/C9H14Br3NO/c10-9(11,12)6-8(14)13-7-4-2-1-3-5-7/h7H,1-6H2,(H,13,14). The van der Waals surface area contributed by atoms with Crippen LogP contribution < -0.4 is 5.32 Å². The Morgan fingerprint density at radius 2 is 1.79 bits per heavy atom. The molecule has 0 spiro atoms. The minimum absolute atomic E-state index is 0.0857. The van der Waals surface area contributed by atoms with Gasteiger partial charge in [-0.15, -0.1) is 0 Å². The molecule has 0 radical (unpaired) electrons. The molecule has 0 atom stereocenters. The zero-order chi connectivity index (χ0) is 10.6. The molecule has 1 saturated carbocycles. The fourth-order valence-corrected chi connectivity index (χ4v) is 2.47. The zero-order valence-corrected chi connectivity index (χ0v) is 12.6. The highest BCUT2D eigenvalue weighted by Gasteiger charge is 2.24. The number of halogens is 3. The SMILES string of the molecule is O=C(CC(Br)(Br)Br)NC1CCCCC1. The first-order chi connectivity index (χ1) is 6.47. The summed E-state index contributed by atoms with van der Waals surface area (Å²) in [6.07, 6.45) is 6.45. The first kappa shape index (κ1) is 13.0. The molecule has 1 amide bonds. The summed E-state index contributed by atoms with van der Waals surface area (Å²) in [6.45, 7) is 0. The van der Waals surface area contributed by atoms with Gasteiger partial charge in [-0.25, -0.2) is 0 Å². The van der Waals surface area contributed by atoms with Gasteiger partial charge in [-0.1, -0.05) is 67.1 Å². The molecule has 2 nitrogen and oxygen atoms in total. The Balaban J connectivity index is 2.25. The summed E-state index contributed by atoms with van der Waals surface area (Å²) in [5.74, 6) is 0.0857. The van der Waals surface area contributed by atoms with Gasteiger partial charge in [0.25, 0.3) is 0 Å². The van der Waals surface area contributed by atoms with Gasteiger partial charge in [-0.3, -0.25) is 4.79 Å². The van der Waals surface area contributed by atoms with E-state index in [1.54, 1.807) is 0 Å². The van der Waals surface area contributed by atoms with Crippen LogP contribution >= 0.6 is 47.8 Å². The van der Waals surface area contributed by atoms with Gasteiger partial charge < -0.3 is 5.32 Å². The third-order valence-electron chi connectivity index (χ3n) is 2.33. The van der Waals surface area contributed by atoms with Crippen LogP contribution in [0.5, 0.6) is 0 Å². The maximum absolute atomic E-state index is 11.5. The molecule has 0 bridgehead atoms. The lowest BCUT2D eigenvalue weighted by Gasteiger charge is -2.23. The lowest BCUT2D eigenvalue weighted by atomic mass is 9.95. The molecular formula is C9H14Br3NO. The van der Waals surface area contributed by atoms with Crippen molar-refractivity contribution < 1.29 is 4.79 Å². The van der Waals surface area contributed by atoms with Crippen LogP contribution in [0.15, 0.2) is 0 Å². The maximum atomic E-state index is 11.5. The molecule has 1 aliphatic carbocycles. The summed E-state index contributed by atoms with van der Waals surface area (Å²) >= 11 is 9.95. The van der Waals surface area contributed by atoms with Gasteiger partial charge in [0.15, 0.2) is 0 Å². The van der Waals surface area contributed by atoms with Crippen molar-refractivity contribution in [3.63, 3.8) is 0 Å². The molecule has 1 rings (SSSR count). The highest BCUT2D eigenvalue weighted by molar-refractivity contribution is 9.39. The zero-order valence-electron chi connectivity index (χ0n) is 7.86. The Morgan fingerprint density at radius 1 is 1.21 bits per heavy atom. The molecule has 1 N–H and O–H groups in total. The molecule has 82 valence electrons. The van der Waals surface area contributed by atoms with E-state index in [2.05, 4.69) is 53.1 Å². The maximum Gasteiger partial charge on any atom is 0.223 e. The molecule has 0 aliphatic heterocycles. The smallest absolute Gasteiger partial charge is 0.223 e. The van der Waals surface area contributed by atoms with E-state index in [1.807, 2.05) is 0 Å². The van der Waals surface area contributed by atoms with Crippen LogP contribution in [-0.4, -0.2) is 14.1 Å². The second kappa shape index (κ2) is 5.85. The van der Waals surface area contributed by atoms with E-state index in [4.69, 9.17) is 0 Å². The Kier molecular flexibility index (Phi) is 5.42. The van der Waals surface area contributed by atoms with E-state index in [9.17, 15) is 4.79 Å². The fraction of sp³-hybridized carbons (Fsp3) is 0.889. The summed E-state index contributed by atoms with van der Waals surface area (Å²) in [5.41, 5.74) is 0. The molecule has 14 heavy (non-hydrogen) atoms. The Bertz CT molecular complexity index is 197. The van der Waals surface area contributed by atoms with Gasteiger partial charge in [-0.05, 0) is 12.8 Å². The van der Waals surface area contributed by atoms with Gasteiger partial charge in [0.2, 0.25) is 5.91 Å². The monoisotopic (exact) mass is 389 g/mol. The van der Waals surface area contributed by atoms with E-state index in [1.165, 1.54) is 19.3 Å². The van der Waals surface area contributed by atoms with Crippen molar-refractivity contribution in [3.05, 3.63) is 0 Å². The van der Waals surface area contributed by atoms with Crippen molar-refractivity contribution in [1.29, 1.82) is 0 Å². The van der Waals surface area contributed by atoms with Crippen LogP contribution in [0.4, 0.5) is 0 Å². The second-order valence-corrected chi connectivity index (χ2v) is 10.9. The van der Waals surface area contributed by atoms with E-state index in [0.29, 0.717) is 12.5 Å². The summed E-state index contributed by atoms with van der Waals surface area (Å²) in [4.78, 5) is 11.5. The average molecular weight is 392 g/mol. The largest absolute Gasteiger partial charge is 0.353 e. The third-order valence-corrected chi connectivity index (χ3v) is 3.17. The summed E-state index contributed by atoms with van der Waals surface area (Å²) in [5, 5.41) is 3.05. The van der Waals surface area contributed by atoms with Crippen molar-refractivity contribution in [2.24, 2.45) is 0 Å². The van der Waals surface area contributed by atoms with E-state index >= 15 is 0 Å². The quantitative estimate of drug-likeness (QED) is 0.715. The fourth-order valence-electron chi connectivity index (χ4n) is 1.71. The Labute approximate surface area is 110 Å². The van der Waals surface area contributed by atoms with Gasteiger partial charge in [-0.2, -0.15) is 0 Å². The number of carbonyl (C=O) groups excluding carboxylic acids is 1. The molecular weight excluding hydrogens is 378 g/mol. The molecule has 5 heteroatoms. The van der Waals surface area contributed by atoms with Crippen LogP contribution in [0.3, 0.4) is 0 Å². The summed E-state index contributed by atoms with van der Waals surface area (Å²) in [6, 6.07) is 0.395. The molecule has 0 unspecified atom stereocenters. The predicted molar refractivity (Wildman–Crippen MR) is 69.1 cm³/mol. The van der Waals surface area contributed by atoms with Crippen LogP contribution in [-0.2, 0) is 4.79 Å². The first-order valence-corrected chi connectivity index (χ1v) is 7.21. The van der Waals surface area contributed by atoms with E-state index in [0.717, 1.165) is 12.8 Å². The van der Waals surface area contributed by atoms with Crippen molar-refractivity contribution in [3.8, 4) is 0 Å². The molecule has 0 aromatic carbocycles. The predicted octanol–water partition coefficient (Wildman–Crippen LogP) is 3.66.